The van der Waals surface area contributed by atoms with Crippen molar-refractivity contribution in [2.75, 3.05) is 6.54 Å². The van der Waals surface area contributed by atoms with Gasteiger partial charge in [-0.05, 0) is 55.3 Å². The number of benzene rings is 1. The molecule has 2 nitrogen and oxygen atoms in total. The van der Waals surface area contributed by atoms with Crippen LogP contribution < -0.4 is 5.32 Å². The highest BCUT2D eigenvalue weighted by Crippen LogP contribution is 2.28. The molecule has 1 saturated heterocycles. The Bertz CT molecular complexity index is 382. The van der Waals surface area contributed by atoms with Crippen LogP contribution in [0.5, 0.6) is 0 Å². The van der Waals surface area contributed by atoms with Crippen molar-refractivity contribution in [2.45, 2.75) is 44.2 Å². The smallest absolute Gasteiger partial charge is 0.0943 e. The van der Waals surface area contributed by atoms with Gasteiger partial charge >= 0.3 is 0 Å². The molecule has 2 heteroatoms. The Morgan fingerprint density at radius 2 is 2.06 bits per heavy atom. The number of nitrogens with one attached hydrogen (secondary N) is 1. The maximum absolute atomic E-state index is 10.3. The second kappa shape index (κ2) is 4.19. The molecular formula is C14H19NO. The van der Waals surface area contributed by atoms with Gasteiger partial charge in [-0.2, -0.15) is 0 Å². The van der Waals surface area contributed by atoms with Gasteiger partial charge < -0.3 is 10.4 Å². The average Bonchev–Trinajstić information content (AvgIpc) is 2.98. The lowest BCUT2D eigenvalue weighted by Crippen LogP contribution is -2.28. The predicted molar refractivity (Wildman–Crippen MR) is 64.5 cm³/mol. The van der Waals surface area contributed by atoms with E-state index in [1.165, 1.54) is 36.8 Å². The van der Waals surface area contributed by atoms with Gasteiger partial charge in [0.25, 0.3) is 0 Å². The highest BCUT2D eigenvalue weighted by atomic mass is 16.3. The van der Waals surface area contributed by atoms with Crippen molar-refractivity contribution in [3.63, 3.8) is 0 Å². The minimum atomic E-state index is -0.326. The molecule has 0 amide bonds. The van der Waals surface area contributed by atoms with E-state index in [1.807, 2.05) is 0 Å². The van der Waals surface area contributed by atoms with Gasteiger partial charge in [0.1, 0.15) is 0 Å². The van der Waals surface area contributed by atoms with Crippen LogP contribution in [-0.2, 0) is 12.8 Å². The first-order valence-electron chi connectivity index (χ1n) is 6.38. The molecule has 0 spiro atoms. The van der Waals surface area contributed by atoms with Crippen LogP contribution in [-0.4, -0.2) is 17.7 Å². The molecule has 2 atom stereocenters. The van der Waals surface area contributed by atoms with Crippen molar-refractivity contribution < 1.29 is 5.11 Å². The van der Waals surface area contributed by atoms with Gasteiger partial charge in [0, 0.05) is 6.04 Å². The molecular weight excluding hydrogens is 198 g/mol. The molecule has 1 aliphatic heterocycles. The van der Waals surface area contributed by atoms with Crippen LogP contribution in [0.25, 0.3) is 0 Å². The fourth-order valence-electron chi connectivity index (χ4n) is 2.99. The SMILES string of the molecule is OC(c1ccc2c(c1)CCC2)C1CCCN1. The van der Waals surface area contributed by atoms with E-state index < -0.39 is 0 Å². The Kier molecular flexibility index (Phi) is 2.70. The first-order chi connectivity index (χ1) is 7.84. The van der Waals surface area contributed by atoms with Gasteiger partial charge in [-0.15, -0.1) is 0 Å². The Hall–Kier alpha value is -0.860. The first-order valence-corrected chi connectivity index (χ1v) is 6.38. The fraction of sp³-hybridized carbons (Fsp3) is 0.571. The van der Waals surface area contributed by atoms with E-state index in [0.717, 1.165) is 18.5 Å². The monoisotopic (exact) mass is 217 g/mol. The van der Waals surface area contributed by atoms with Gasteiger partial charge in [0.15, 0.2) is 0 Å². The summed E-state index contributed by atoms with van der Waals surface area (Å²) in [6.07, 6.45) is 5.64. The molecule has 1 heterocycles. The van der Waals surface area contributed by atoms with E-state index in [2.05, 4.69) is 23.5 Å². The molecule has 0 aromatic heterocycles. The normalized spacial score (nSPS) is 25.7. The standard InChI is InChI=1S/C14H19NO/c16-14(13-5-2-8-15-13)12-7-6-10-3-1-4-11(10)9-12/h6-7,9,13-16H,1-5,8H2. The lowest BCUT2D eigenvalue weighted by molar-refractivity contribution is 0.137. The molecule has 16 heavy (non-hydrogen) atoms. The quantitative estimate of drug-likeness (QED) is 0.793. The molecule has 1 aliphatic carbocycles. The minimum absolute atomic E-state index is 0.263. The maximum Gasteiger partial charge on any atom is 0.0943 e. The zero-order valence-electron chi connectivity index (χ0n) is 9.58. The topological polar surface area (TPSA) is 32.3 Å². The number of aliphatic hydroxyl groups is 1. The molecule has 0 bridgehead atoms. The second-order valence-corrected chi connectivity index (χ2v) is 5.03. The molecule has 0 saturated carbocycles. The van der Waals surface area contributed by atoms with E-state index in [9.17, 15) is 5.11 Å². The van der Waals surface area contributed by atoms with Crippen molar-refractivity contribution in [1.29, 1.82) is 0 Å². The number of rotatable bonds is 2. The van der Waals surface area contributed by atoms with Crippen LogP contribution in [0.3, 0.4) is 0 Å². The summed E-state index contributed by atoms with van der Waals surface area (Å²) in [5.74, 6) is 0. The van der Waals surface area contributed by atoms with Crippen LogP contribution in [0.2, 0.25) is 0 Å². The highest BCUT2D eigenvalue weighted by Gasteiger charge is 2.24. The molecule has 2 aliphatic rings. The molecule has 0 radical (unpaired) electrons. The first kappa shape index (κ1) is 10.3. The number of aliphatic hydroxyl groups excluding tert-OH is 1. The van der Waals surface area contributed by atoms with Crippen LogP contribution in [0.15, 0.2) is 18.2 Å². The van der Waals surface area contributed by atoms with Crippen molar-refractivity contribution in [3.8, 4) is 0 Å². The third-order valence-electron chi connectivity index (χ3n) is 3.94. The summed E-state index contributed by atoms with van der Waals surface area (Å²) < 4.78 is 0. The van der Waals surface area contributed by atoms with Crippen molar-refractivity contribution in [3.05, 3.63) is 34.9 Å². The van der Waals surface area contributed by atoms with E-state index >= 15 is 0 Å². The van der Waals surface area contributed by atoms with Crippen LogP contribution >= 0.6 is 0 Å². The Morgan fingerprint density at radius 1 is 1.19 bits per heavy atom. The average molecular weight is 217 g/mol. The third-order valence-corrected chi connectivity index (χ3v) is 3.94. The predicted octanol–water partition coefficient (Wildman–Crippen LogP) is 1.96. The molecule has 1 aromatic carbocycles. The summed E-state index contributed by atoms with van der Waals surface area (Å²) in [7, 11) is 0. The number of aryl methyl sites for hydroxylation is 2. The zero-order valence-corrected chi connectivity index (χ0v) is 9.58. The van der Waals surface area contributed by atoms with Gasteiger partial charge in [-0.3, -0.25) is 0 Å². The molecule has 86 valence electrons. The number of hydrogen-bond acceptors (Lipinski definition) is 2. The molecule has 3 rings (SSSR count). The Balaban J connectivity index is 1.83. The molecule has 2 unspecified atom stereocenters. The second-order valence-electron chi connectivity index (χ2n) is 5.03. The zero-order chi connectivity index (χ0) is 11.0. The van der Waals surface area contributed by atoms with E-state index in [-0.39, 0.29) is 12.1 Å². The summed E-state index contributed by atoms with van der Waals surface area (Å²) in [5, 5.41) is 13.7. The van der Waals surface area contributed by atoms with Crippen molar-refractivity contribution in [2.24, 2.45) is 0 Å². The molecule has 1 aromatic rings. The van der Waals surface area contributed by atoms with Crippen LogP contribution in [0, 0.1) is 0 Å². The summed E-state index contributed by atoms with van der Waals surface area (Å²) in [4.78, 5) is 0. The lowest BCUT2D eigenvalue weighted by Gasteiger charge is -2.19. The Morgan fingerprint density at radius 3 is 2.88 bits per heavy atom. The number of fused-ring (bicyclic) bond motifs is 1. The third kappa shape index (κ3) is 1.76. The maximum atomic E-state index is 10.3. The van der Waals surface area contributed by atoms with Crippen molar-refractivity contribution >= 4 is 0 Å². The van der Waals surface area contributed by atoms with Gasteiger partial charge in [-0.25, -0.2) is 0 Å². The summed E-state index contributed by atoms with van der Waals surface area (Å²) in [6, 6.07) is 6.79. The lowest BCUT2D eigenvalue weighted by atomic mass is 9.97. The van der Waals surface area contributed by atoms with Crippen molar-refractivity contribution in [1.82, 2.24) is 5.32 Å². The van der Waals surface area contributed by atoms with Gasteiger partial charge in [0.2, 0.25) is 0 Å². The van der Waals surface area contributed by atoms with Gasteiger partial charge in [0.05, 0.1) is 6.10 Å². The Labute approximate surface area is 96.7 Å². The molecule has 2 N–H and O–H groups in total. The fourth-order valence-corrected chi connectivity index (χ4v) is 2.99. The summed E-state index contributed by atoms with van der Waals surface area (Å²) >= 11 is 0. The minimum Gasteiger partial charge on any atom is -0.387 e. The van der Waals surface area contributed by atoms with E-state index in [1.54, 1.807) is 0 Å². The molecule has 1 fully saturated rings. The highest BCUT2D eigenvalue weighted by molar-refractivity contribution is 5.36. The van der Waals surface area contributed by atoms with Gasteiger partial charge in [-0.1, -0.05) is 18.2 Å². The number of hydrogen-bond donors (Lipinski definition) is 2. The van der Waals surface area contributed by atoms with Crippen LogP contribution in [0.4, 0.5) is 0 Å². The largest absolute Gasteiger partial charge is 0.387 e. The summed E-state index contributed by atoms with van der Waals surface area (Å²) in [6.45, 7) is 1.05. The summed E-state index contributed by atoms with van der Waals surface area (Å²) in [5.41, 5.74) is 4.03. The van der Waals surface area contributed by atoms with Crippen LogP contribution in [0.1, 0.15) is 42.1 Å². The van der Waals surface area contributed by atoms with E-state index in [0.29, 0.717) is 0 Å². The van der Waals surface area contributed by atoms with E-state index in [4.69, 9.17) is 0 Å².